The number of anilines is 1. The van der Waals surface area contributed by atoms with E-state index in [1.165, 1.54) is 22.7 Å². The van der Waals surface area contributed by atoms with E-state index in [4.69, 9.17) is 5.73 Å². The second kappa shape index (κ2) is 3.87. The van der Waals surface area contributed by atoms with E-state index in [-0.39, 0.29) is 0 Å². The Balaban J connectivity index is 1.88. The Morgan fingerprint density at radius 2 is 2.06 bits per heavy atom. The molecule has 0 spiro atoms. The van der Waals surface area contributed by atoms with Crippen LogP contribution in [-0.2, 0) is 12.8 Å². The van der Waals surface area contributed by atoms with Crippen LogP contribution in [0.5, 0.6) is 0 Å². The number of rotatable bonds is 1. The van der Waals surface area contributed by atoms with Gasteiger partial charge in [0, 0.05) is 5.92 Å². The Morgan fingerprint density at radius 1 is 1.25 bits per heavy atom. The standard InChI is InChI=1S/C12H13N3S/c13-12-14-11(16-15-12)10-6-5-8-3-1-2-4-9(8)7-10/h1-4,10H,5-7H2,(H2,13,15). The Labute approximate surface area is 98.5 Å². The van der Waals surface area contributed by atoms with Gasteiger partial charge in [0.1, 0.15) is 5.01 Å². The second-order valence-corrected chi connectivity index (χ2v) is 4.98. The Kier molecular flexibility index (Phi) is 2.36. The maximum absolute atomic E-state index is 5.57. The predicted molar refractivity (Wildman–Crippen MR) is 65.5 cm³/mol. The maximum Gasteiger partial charge on any atom is 0.232 e. The quantitative estimate of drug-likeness (QED) is 0.820. The highest BCUT2D eigenvalue weighted by molar-refractivity contribution is 7.05. The Morgan fingerprint density at radius 3 is 2.81 bits per heavy atom. The van der Waals surface area contributed by atoms with E-state index in [1.54, 1.807) is 0 Å². The largest absolute Gasteiger partial charge is 0.367 e. The number of hydrogen-bond acceptors (Lipinski definition) is 4. The molecule has 1 aliphatic rings. The molecular formula is C12H13N3S. The first-order valence-electron chi connectivity index (χ1n) is 5.49. The zero-order chi connectivity index (χ0) is 11.0. The van der Waals surface area contributed by atoms with Crippen LogP contribution in [0, 0.1) is 0 Å². The van der Waals surface area contributed by atoms with Crippen LogP contribution in [0.15, 0.2) is 24.3 Å². The van der Waals surface area contributed by atoms with Gasteiger partial charge >= 0.3 is 0 Å². The summed E-state index contributed by atoms with van der Waals surface area (Å²) in [5, 5.41) is 1.09. The fraction of sp³-hybridized carbons (Fsp3) is 0.333. The summed E-state index contributed by atoms with van der Waals surface area (Å²) in [5.41, 5.74) is 8.50. The number of benzene rings is 1. The van der Waals surface area contributed by atoms with Crippen molar-refractivity contribution in [2.45, 2.75) is 25.2 Å². The average Bonchev–Trinajstić information content (AvgIpc) is 2.75. The van der Waals surface area contributed by atoms with E-state index in [9.17, 15) is 0 Å². The van der Waals surface area contributed by atoms with Crippen LogP contribution in [0.4, 0.5) is 5.95 Å². The summed E-state index contributed by atoms with van der Waals surface area (Å²) in [6.07, 6.45) is 3.37. The molecule has 2 aromatic rings. The molecule has 0 amide bonds. The molecule has 1 aromatic carbocycles. The zero-order valence-electron chi connectivity index (χ0n) is 8.89. The van der Waals surface area contributed by atoms with Gasteiger partial charge in [0.25, 0.3) is 0 Å². The molecule has 0 aliphatic heterocycles. The highest BCUT2D eigenvalue weighted by atomic mass is 32.1. The average molecular weight is 231 g/mol. The van der Waals surface area contributed by atoms with Crippen LogP contribution < -0.4 is 5.73 Å². The van der Waals surface area contributed by atoms with Gasteiger partial charge in [-0.15, -0.1) is 0 Å². The van der Waals surface area contributed by atoms with Crippen LogP contribution in [0.3, 0.4) is 0 Å². The van der Waals surface area contributed by atoms with Crippen molar-refractivity contribution in [3.8, 4) is 0 Å². The van der Waals surface area contributed by atoms with Crippen molar-refractivity contribution in [3.05, 3.63) is 40.4 Å². The molecule has 0 saturated heterocycles. The van der Waals surface area contributed by atoms with Crippen molar-refractivity contribution in [1.29, 1.82) is 0 Å². The maximum atomic E-state index is 5.57. The first-order valence-corrected chi connectivity index (χ1v) is 6.26. The predicted octanol–water partition coefficient (Wildman–Crippen LogP) is 2.39. The highest BCUT2D eigenvalue weighted by Gasteiger charge is 2.22. The number of nitrogens with zero attached hydrogens (tertiary/aromatic N) is 2. The molecule has 16 heavy (non-hydrogen) atoms. The molecule has 0 bridgehead atoms. The van der Waals surface area contributed by atoms with E-state index < -0.39 is 0 Å². The van der Waals surface area contributed by atoms with Crippen LogP contribution in [0.2, 0.25) is 0 Å². The topological polar surface area (TPSA) is 51.8 Å². The Hall–Kier alpha value is -1.42. The van der Waals surface area contributed by atoms with Crippen molar-refractivity contribution >= 4 is 17.5 Å². The molecule has 0 saturated carbocycles. The molecule has 1 heterocycles. The molecule has 3 nitrogen and oxygen atoms in total. The molecule has 0 fully saturated rings. The molecule has 1 aromatic heterocycles. The van der Waals surface area contributed by atoms with Gasteiger partial charge in [0.15, 0.2) is 0 Å². The van der Waals surface area contributed by atoms with Crippen LogP contribution in [0.25, 0.3) is 0 Å². The summed E-state index contributed by atoms with van der Waals surface area (Å²) >= 11 is 1.44. The number of aromatic nitrogens is 2. The first kappa shape index (κ1) is 9.78. The molecule has 1 unspecified atom stereocenters. The van der Waals surface area contributed by atoms with E-state index in [1.807, 2.05) is 0 Å². The number of aryl methyl sites for hydroxylation is 1. The third kappa shape index (κ3) is 1.69. The fourth-order valence-corrected chi connectivity index (χ4v) is 3.03. The molecule has 1 aliphatic carbocycles. The van der Waals surface area contributed by atoms with Crippen LogP contribution >= 0.6 is 11.5 Å². The second-order valence-electron chi connectivity index (χ2n) is 4.20. The molecule has 0 radical (unpaired) electrons. The summed E-state index contributed by atoms with van der Waals surface area (Å²) in [7, 11) is 0. The minimum atomic E-state index is 0.416. The molecule has 3 rings (SSSR count). The summed E-state index contributed by atoms with van der Waals surface area (Å²) in [6, 6.07) is 8.66. The van der Waals surface area contributed by atoms with E-state index in [0.29, 0.717) is 11.9 Å². The lowest BCUT2D eigenvalue weighted by Gasteiger charge is -2.22. The van der Waals surface area contributed by atoms with Gasteiger partial charge in [-0.3, -0.25) is 0 Å². The van der Waals surface area contributed by atoms with Gasteiger partial charge in [-0.05, 0) is 41.9 Å². The number of hydrogen-bond donors (Lipinski definition) is 1. The van der Waals surface area contributed by atoms with Crippen LogP contribution in [0.1, 0.15) is 28.5 Å². The van der Waals surface area contributed by atoms with Crippen molar-refractivity contribution in [2.24, 2.45) is 0 Å². The lowest BCUT2D eigenvalue weighted by Crippen LogP contribution is -2.12. The van der Waals surface area contributed by atoms with Crippen molar-refractivity contribution in [1.82, 2.24) is 9.36 Å². The van der Waals surface area contributed by atoms with Crippen molar-refractivity contribution in [3.63, 3.8) is 0 Å². The number of fused-ring (bicyclic) bond motifs is 1. The highest BCUT2D eigenvalue weighted by Crippen LogP contribution is 2.33. The summed E-state index contributed by atoms with van der Waals surface area (Å²) < 4.78 is 4.06. The number of nitrogens with two attached hydrogens (primary N) is 1. The van der Waals surface area contributed by atoms with E-state index in [0.717, 1.165) is 24.3 Å². The first-order chi connectivity index (χ1) is 7.83. The van der Waals surface area contributed by atoms with Crippen molar-refractivity contribution < 1.29 is 0 Å². The monoisotopic (exact) mass is 231 g/mol. The van der Waals surface area contributed by atoms with Gasteiger partial charge in [0.2, 0.25) is 5.95 Å². The third-order valence-corrected chi connectivity index (χ3v) is 4.04. The Bertz CT molecular complexity index is 506. The van der Waals surface area contributed by atoms with Gasteiger partial charge < -0.3 is 5.73 Å². The van der Waals surface area contributed by atoms with E-state index in [2.05, 4.69) is 33.6 Å². The SMILES string of the molecule is Nc1nsc(C2CCc3ccccc3C2)n1. The lowest BCUT2D eigenvalue weighted by molar-refractivity contribution is 0.582. The van der Waals surface area contributed by atoms with Gasteiger partial charge in [-0.2, -0.15) is 4.37 Å². The third-order valence-electron chi connectivity index (χ3n) is 3.15. The van der Waals surface area contributed by atoms with Gasteiger partial charge in [-0.25, -0.2) is 4.98 Å². The fourth-order valence-electron chi connectivity index (χ4n) is 2.32. The zero-order valence-corrected chi connectivity index (χ0v) is 9.70. The normalized spacial score (nSPS) is 19.4. The number of nitrogen functional groups attached to an aromatic ring is 1. The summed E-state index contributed by atoms with van der Waals surface area (Å²) in [5.74, 6) is 0.920. The lowest BCUT2D eigenvalue weighted by atomic mass is 9.84. The van der Waals surface area contributed by atoms with Gasteiger partial charge in [0.05, 0.1) is 0 Å². The van der Waals surface area contributed by atoms with Crippen LogP contribution in [-0.4, -0.2) is 9.36 Å². The summed E-state index contributed by atoms with van der Waals surface area (Å²) in [6.45, 7) is 0. The summed E-state index contributed by atoms with van der Waals surface area (Å²) in [4.78, 5) is 4.29. The minimum absolute atomic E-state index is 0.416. The molecule has 82 valence electrons. The molecule has 1 atom stereocenters. The van der Waals surface area contributed by atoms with Gasteiger partial charge in [-0.1, -0.05) is 24.3 Å². The minimum Gasteiger partial charge on any atom is -0.367 e. The molecule has 2 N–H and O–H groups in total. The van der Waals surface area contributed by atoms with Crippen molar-refractivity contribution in [2.75, 3.05) is 5.73 Å². The molecular weight excluding hydrogens is 218 g/mol. The van der Waals surface area contributed by atoms with E-state index >= 15 is 0 Å². The molecule has 4 heteroatoms. The smallest absolute Gasteiger partial charge is 0.232 e.